The van der Waals surface area contributed by atoms with Gasteiger partial charge in [-0.25, -0.2) is 4.79 Å². The number of hydrogen-bond donors (Lipinski definition) is 1. The Hall–Kier alpha value is -2.40. The molecule has 0 spiro atoms. The van der Waals surface area contributed by atoms with Crippen LogP contribution in [-0.4, -0.2) is 31.4 Å². The van der Waals surface area contributed by atoms with E-state index in [0.29, 0.717) is 27.8 Å². The minimum absolute atomic E-state index is 0.434. The first-order chi connectivity index (χ1) is 12.2. The molecular formula is C20H23ClO5. The molecule has 1 N–H and O–H groups in total. The van der Waals surface area contributed by atoms with E-state index in [0.717, 1.165) is 5.56 Å². The van der Waals surface area contributed by atoms with Crippen LogP contribution in [0.2, 0.25) is 5.02 Å². The number of rotatable bonds is 6. The van der Waals surface area contributed by atoms with Gasteiger partial charge in [-0.2, -0.15) is 0 Å². The number of carboxylic acids is 1. The summed E-state index contributed by atoms with van der Waals surface area (Å²) in [6, 6.07) is 10.5. The van der Waals surface area contributed by atoms with Crippen molar-refractivity contribution in [3.8, 4) is 28.4 Å². The first-order valence-electron chi connectivity index (χ1n) is 8.08. The molecule has 0 radical (unpaired) electrons. The lowest BCUT2D eigenvalue weighted by Gasteiger charge is -2.28. The highest BCUT2D eigenvalue weighted by Crippen LogP contribution is 2.39. The molecule has 2 aromatic carbocycles. The first-order valence-corrected chi connectivity index (χ1v) is 8.46. The maximum atomic E-state index is 11.7. The van der Waals surface area contributed by atoms with E-state index in [2.05, 4.69) is 0 Å². The normalized spacial score (nSPS) is 12.4. The molecule has 0 aliphatic rings. The molecule has 0 aromatic heterocycles. The Kier molecular flexibility index (Phi) is 6.03. The predicted octanol–water partition coefficient (Wildman–Crippen LogP) is 4.90. The van der Waals surface area contributed by atoms with Gasteiger partial charge in [-0.1, -0.05) is 38.4 Å². The van der Waals surface area contributed by atoms with Crippen molar-refractivity contribution in [1.29, 1.82) is 0 Å². The molecular weight excluding hydrogens is 356 g/mol. The molecule has 0 heterocycles. The zero-order valence-corrected chi connectivity index (χ0v) is 16.3. The molecule has 0 saturated heterocycles. The molecule has 2 rings (SSSR count). The largest absolute Gasteiger partial charge is 0.493 e. The van der Waals surface area contributed by atoms with E-state index in [9.17, 15) is 9.90 Å². The van der Waals surface area contributed by atoms with Crippen LogP contribution in [0.3, 0.4) is 0 Å². The quantitative estimate of drug-likeness (QED) is 0.774. The number of hydrogen-bond acceptors (Lipinski definition) is 4. The topological polar surface area (TPSA) is 65.0 Å². The molecule has 26 heavy (non-hydrogen) atoms. The second-order valence-corrected chi connectivity index (χ2v) is 7.35. The third kappa shape index (κ3) is 4.41. The van der Waals surface area contributed by atoms with Crippen LogP contribution in [0.5, 0.6) is 17.2 Å². The van der Waals surface area contributed by atoms with E-state index in [1.54, 1.807) is 44.6 Å². The van der Waals surface area contributed by atoms with Crippen LogP contribution in [0.1, 0.15) is 20.8 Å². The average Bonchev–Trinajstić information content (AvgIpc) is 2.58. The number of halogens is 1. The van der Waals surface area contributed by atoms with Crippen LogP contribution in [0.4, 0.5) is 0 Å². The van der Waals surface area contributed by atoms with Crippen molar-refractivity contribution < 1.29 is 24.1 Å². The van der Waals surface area contributed by atoms with Gasteiger partial charge in [0.15, 0.2) is 17.6 Å². The number of methoxy groups -OCH3 is 2. The van der Waals surface area contributed by atoms with Gasteiger partial charge in [-0.15, -0.1) is 0 Å². The van der Waals surface area contributed by atoms with Gasteiger partial charge in [0.05, 0.1) is 14.2 Å². The molecule has 0 amide bonds. The van der Waals surface area contributed by atoms with Crippen LogP contribution in [0.25, 0.3) is 11.1 Å². The second kappa shape index (κ2) is 7.87. The summed E-state index contributed by atoms with van der Waals surface area (Å²) in [5, 5.41) is 10.1. The number of benzene rings is 2. The fourth-order valence-corrected chi connectivity index (χ4v) is 2.73. The number of carbonyl (C=O) groups is 1. The van der Waals surface area contributed by atoms with Crippen molar-refractivity contribution in [3.05, 3.63) is 41.4 Å². The van der Waals surface area contributed by atoms with Gasteiger partial charge in [-0.05, 0) is 35.9 Å². The lowest BCUT2D eigenvalue weighted by Crippen LogP contribution is -2.39. The number of carboxylic acid groups (broad SMARTS) is 1. The van der Waals surface area contributed by atoms with Crippen molar-refractivity contribution in [2.45, 2.75) is 26.9 Å². The summed E-state index contributed by atoms with van der Waals surface area (Å²) >= 11 is 6.16. The van der Waals surface area contributed by atoms with Crippen molar-refractivity contribution >= 4 is 17.6 Å². The Morgan fingerprint density at radius 3 is 2.15 bits per heavy atom. The molecule has 140 valence electrons. The molecule has 0 aliphatic heterocycles. The molecule has 0 bridgehead atoms. The monoisotopic (exact) mass is 378 g/mol. The molecule has 0 fully saturated rings. The van der Waals surface area contributed by atoms with Crippen LogP contribution < -0.4 is 14.2 Å². The number of ether oxygens (including phenoxy) is 3. The zero-order chi connectivity index (χ0) is 19.5. The van der Waals surface area contributed by atoms with Gasteiger partial charge < -0.3 is 19.3 Å². The van der Waals surface area contributed by atoms with Gasteiger partial charge in [0.1, 0.15) is 5.75 Å². The fraction of sp³-hybridized carbons (Fsp3) is 0.350. The van der Waals surface area contributed by atoms with Crippen molar-refractivity contribution in [2.75, 3.05) is 14.2 Å². The van der Waals surface area contributed by atoms with Crippen LogP contribution in [0.15, 0.2) is 36.4 Å². The summed E-state index contributed by atoms with van der Waals surface area (Å²) < 4.78 is 16.5. The summed E-state index contributed by atoms with van der Waals surface area (Å²) in [4.78, 5) is 11.7. The minimum atomic E-state index is -1.02. The van der Waals surface area contributed by atoms with Crippen LogP contribution in [-0.2, 0) is 4.79 Å². The second-order valence-electron chi connectivity index (χ2n) is 6.91. The lowest BCUT2D eigenvalue weighted by molar-refractivity contribution is -0.150. The highest BCUT2D eigenvalue weighted by atomic mass is 35.5. The zero-order valence-electron chi connectivity index (χ0n) is 15.5. The van der Waals surface area contributed by atoms with Crippen molar-refractivity contribution in [2.24, 2.45) is 5.41 Å². The highest BCUT2D eigenvalue weighted by Gasteiger charge is 2.34. The van der Waals surface area contributed by atoms with Crippen molar-refractivity contribution in [3.63, 3.8) is 0 Å². The molecule has 1 atom stereocenters. The van der Waals surface area contributed by atoms with Gasteiger partial charge >= 0.3 is 5.97 Å². The summed E-state index contributed by atoms with van der Waals surface area (Å²) in [6.45, 7) is 5.45. The van der Waals surface area contributed by atoms with E-state index >= 15 is 0 Å². The average molecular weight is 379 g/mol. The van der Waals surface area contributed by atoms with E-state index < -0.39 is 17.5 Å². The van der Waals surface area contributed by atoms with Crippen molar-refractivity contribution in [1.82, 2.24) is 0 Å². The van der Waals surface area contributed by atoms with E-state index in [4.69, 9.17) is 25.8 Å². The summed E-state index contributed by atoms with van der Waals surface area (Å²) in [5.41, 5.74) is 0.868. The SMILES string of the molecule is COc1ccc(-c2cc(Cl)ccc2OC(C(=O)O)C(C)(C)C)cc1OC. The number of aliphatic carboxylic acids is 1. The van der Waals surface area contributed by atoms with Crippen LogP contribution >= 0.6 is 11.6 Å². The predicted molar refractivity (Wildman–Crippen MR) is 101 cm³/mol. The molecule has 0 saturated carbocycles. The van der Waals surface area contributed by atoms with Gasteiger partial charge in [-0.3, -0.25) is 0 Å². The van der Waals surface area contributed by atoms with Gasteiger partial charge in [0.2, 0.25) is 0 Å². The highest BCUT2D eigenvalue weighted by molar-refractivity contribution is 6.31. The Morgan fingerprint density at radius 1 is 1.00 bits per heavy atom. The molecule has 0 aliphatic carbocycles. The van der Waals surface area contributed by atoms with E-state index in [-0.39, 0.29) is 0 Å². The molecule has 5 nitrogen and oxygen atoms in total. The van der Waals surface area contributed by atoms with E-state index in [1.807, 2.05) is 26.8 Å². The minimum Gasteiger partial charge on any atom is -0.493 e. The fourth-order valence-electron chi connectivity index (χ4n) is 2.56. The van der Waals surface area contributed by atoms with E-state index in [1.165, 1.54) is 0 Å². The summed E-state index contributed by atoms with van der Waals surface area (Å²) in [5.74, 6) is 0.565. The van der Waals surface area contributed by atoms with Gasteiger partial charge in [0, 0.05) is 16.0 Å². The maximum absolute atomic E-state index is 11.7. The summed E-state index contributed by atoms with van der Waals surface area (Å²) in [6.07, 6.45) is -1.01. The third-order valence-corrected chi connectivity index (χ3v) is 4.13. The Morgan fingerprint density at radius 2 is 1.62 bits per heavy atom. The third-order valence-electron chi connectivity index (χ3n) is 3.89. The molecule has 2 aromatic rings. The maximum Gasteiger partial charge on any atom is 0.345 e. The standard InChI is InChI=1S/C20H23ClO5/c1-20(2,3)18(19(22)23)26-15-9-7-13(21)11-14(15)12-6-8-16(24-4)17(10-12)25-5/h6-11,18H,1-5H3,(H,22,23). The Bertz CT molecular complexity index is 795. The smallest absolute Gasteiger partial charge is 0.345 e. The lowest BCUT2D eigenvalue weighted by atomic mass is 9.89. The molecule has 1 unspecified atom stereocenters. The summed E-state index contributed by atoms with van der Waals surface area (Å²) in [7, 11) is 3.11. The van der Waals surface area contributed by atoms with Crippen LogP contribution in [0, 0.1) is 5.41 Å². The molecule has 6 heteroatoms. The Balaban J connectivity index is 2.53. The Labute approximate surface area is 158 Å². The van der Waals surface area contributed by atoms with Gasteiger partial charge in [0.25, 0.3) is 0 Å². The first kappa shape index (κ1) is 19.9.